The summed E-state index contributed by atoms with van der Waals surface area (Å²) in [6, 6.07) is 86.5. The molecule has 10 aromatic rings. The molecule has 0 radical (unpaired) electrons. The molecule has 2 aliphatic rings. The Bertz CT molecular complexity index is 3460. The maximum Gasteiger partial charge on any atom is 0.0713 e. The normalized spacial score (nSPS) is 14.0. The number of rotatable bonds is 7. The van der Waals surface area contributed by atoms with E-state index in [2.05, 4.69) is 270 Å². The lowest BCUT2D eigenvalue weighted by Gasteiger charge is -2.34. The fraction of sp³-hybridized carbons (Fsp3) is 0.121. The van der Waals surface area contributed by atoms with Gasteiger partial charge < -0.3 is 4.90 Å². The van der Waals surface area contributed by atoms with Crippen molar-refractivity contribution < 1.29 is 0 Å². The van der Waals surface area contributed by atoms with Gasteiger partial charge in [0.05, 0.1) is 11.1 Å². The first-order valence-electron chi connectivity index (χ1n) is 23.8. The van der Waals surface area contributed by atoms with Crippen LogP contribution in [0, 0.1) is 0 Å². The summed E-state index contributed by atoms with van der Waals surface area (Å²) in [5.74, 6) is 0. The summed E-state index contributed by atoms with van der Waals surface area (Å²) in [6.45, 7) is 11.6. The van der Waals surface area contributed by atoms with Crippen LogP contribution in [0.3, 0.4) is 0 Å². The number of hydrogen-bond donors (Lipinski definition) is 0. The molecule has 0 heterocycles. The molecule has 0 bridgehead atoms. The van der Waals surface area contributed by atoms with Crippen LogP contribution in [0.5, 0.6) is 0 Å². The molecule has 0 atom stereocenters. The van der Waals surface area contributed by atoms with Crippen LogP contribution in [0.2, 0.25) is 0 Å². The van der Waals surface area contributed by atoms with Crippen LogP contribution in [-0.4, -0.2) is 0 Å². The first-order chi connectivity index (χ1) is 32.6. The largest absolute Gasteiger partial charge is 0.310 e. The van der Waals surface area contributed by atoms with Crippen molar-refractivity contribution in [3.8, 4) is 44.5 Å². The quantitative estimate of drug-likeness (QED) is 0.154. The average molecular weight is 860 g/mol. The van der Waals surface area contributed by atoms with E-state index in [9.17, 15) is 0 Å². The van der Waals surface area contributed by atoms with E-state index < -0.39 is 5.41 Å². The van der Waals surface area contributed by atoms with Crippen LogP contribution in [0.15, 0.2) is 231 Å². The first kappa shape index (κ1) is 40.7. The van der Waals surface area contributed by atoms with Crippen molar-refractivity contribution in [2.75, 3.05) is 4.90 Å². The number of fused-ring (bicyclic) bond motifs is 7. The van der Waals surface area contributed by atoms with E-state index in [1.54, 1.807) is 0 Å². The minimum Gasteiger partial charge on any atom is -0.310 e. The van der Waals surface area contributed by atoms with Crippen molar-refractivity contribution in [3.63, 3.8) is 0 Å². The number of hydrogen-bond acceptors (Lipinski definition) is 1. The van der Waals surface area contributed by atoms with Gasteiger partial charge in [0.1, 0.15) is 0 Å². The summed E-state index contributed by atoms with van der Waals surface area (Å²) in [5, 5.41) is 2.45. The molecule has 0 unspecified atom stereocenters. The third-order valence-electron chi connectivity index (χ3n) is 14.9. The number of anilines is 3. The molecule has 67 heavy (non-hydrogen) atoms. The van der Waals surface area contributed by atoms with Crippen molar-refractivity contribution in [1.29, 1.82) is 0 Å². The van der Waals surface area contributed by atoms with E-state index in [4.69, 9.17) is 0 Å². The molecule has 12 rings (SSSR count). The van der Waals surface area contributed by atoms with Crippen LogP contribution in [0.25, 0.3) is 55.3 Å². The summed E-state index contributed by atoms with van der Waals surface area (Å²) < 4.78 is 0. The lowest BCUT2D eigenvalue weighted by molar-refractivity contribution is 0.590. The molecular weight excluding hydrogens is 807 g/mol. The molecule has 0 saturated heterocycles. The second kappa shape index (κ2) is 15.4. The van der Waals surface area contributed by atoms with Gasteiger partial charge in [-0.15, -0.1) is 0 Å². The summed E-state index contributed by atoms with van der Waals surface area (Å²) in [4.78, 5) is 2.51. The van der Waals surface area contributed by atoms with Gasteiger partial charge in [0, 0.05) is 22.4 Å². The van der Waals surface area contributed by atoms with Gasteiger partial charge in [0.2, 0.25) is 0 Å². The summed E-state index contributed by atoms with van der Waals surface area (Å²) >= 11 is 0. The third-order valence-corrected chi connectivity index (χ3v) is 14.9. The summed E-state index contributed by atoms with van der Waals surface area (Å²) in [6.07, 6.45) is 0. The fourth-order valence-electron chi connectivity index (χ4n) is 11.6. The van der Waals surface area contributed by atoms with E-state index in [-0.39, 0.29) is 10.8 Å². The van der Waals surface area contributed by atoms with Crippen LogP contribution < -0.4 is 4.90 Å². The van der Waals surface area contributed by atoms with Crippen molar-refractivity contribution in [3.05, 3.63) is 269 Å². The molecule has 1 nitrogen and oxygen atoms in total. The Morgan fingerprint density at radius 2 is 0.896 bits per heavy atom. The highest BCUT2D eigenvalue weighted by molar-refractivity contribution is 6.06. The van der Waals surface area contributed by atoms with Crippen molar-refractivity contribution in [2.24, 2.45) is 0 Å². The Morgan fingerprint density at radius 1 is 0.373 bits per heavy atom. The van der Waals surface area contributed by atoms with Crippen LogP contribution in [-0.2, 0) is 16.2 Å². The molecule has 0 N–H and O–H groups in total. The van der Waals surface area contributed by atoms with E-state index >= 15 is 0 Å². The van der Waals surface area contributed by atoms with Gasteiger partial charge in [-0.2, -0.15) is 0 Å². The second-order valence-electron chi connectivity index (χ2n) is 20.1. The zero-order valence-corrected chi connectivity index (χ0v) is 38.9. The minimum absolute atomic E-state index is 0.0945. The summed E-state index contributed by atoms with van der Waals surface area (Å²) in [7, 11) is 0. The Hall–Kier alpha value is -7.74. The van der Waals surface area contributed by atoms with Crippen LogP contribution >= 0.6 is 0 Å². The molecule has 0 fully saturated rings. The van der Waals surface area contributed by atoms with E-state index in [0.717, 1.165) is 17.1 Å². The maximum atomic E-state index is 2.51. The van der Waals surface area contributed by atoms with Crippen molar-refractivity contribution in [2.45, 2.75) is 50.9 Å². The van der Waals surface area contributed by atoms with Gasteiger partial charge in [-0.3, -0.25) is 0 Å². The Kier molecular flexibility index (Phi) is 9.38. The molecule has 2 aliphatic carbocycles. The predicted octanol–water partition coefficient (Wildman–Crippen LogP) is 17.6. The molecule has 0 aliphatic heterocycles. The molecule has 10 aromatic carbocycles. The molecule has 0 aromatic heterocycles. The Morgan fingerprint density at radius 3 is 1.57 bits per heavy atom. The molecule has 1 heteroatoms. The lowest BCUT2D eigenvalue weighted by atomic mass is 9.68. The SMILES string of the molecule is CC(C)(C)c1ccc(-c2ccc(N(c3ccc4c(c3)-c3ccccc3C4(c3ccccc3)c3ccccc3)c3ccc4ccccc4c3-c3ccc4c(c3)C(C)(C)c3ccccc3-4)cc2)cc1. The first-order valence-corrected chi connectivity index (χ1v) is 23.8. The van der Waals surface area contributed by atoms with Gasteiger partial charge >= 0.3 is 0 Å². The number of benzene rings is 10. The highest BCUT2D eigenvalue weighted by Gasteiger charge is 2.46. The van der Waals surface area contributed by atoms with E-state index in [0.29, 0.717) is 0 Å². The second-order valence-corrected chi connectivity index (χ2v) is 20.1. The van der Waals surface area contributed by atoms with Gasteiger partial charge in [-0.25, -0.2) is 0 Å². The average Bonchev–Trinajstić information content (AvgIpc) is 3.79. The smallest absolute Gasteiger partial charge is 0.0713 e. The fourth-order valence-corrected chi connectivity index (χ4v) is 11.6. The monoisotopic (exact) mass is 859 g/mol. The third kappa shape index (κ3) is 6.36. The van der Waals surface area contributed by atoms with Gasteiger partial charge in [-0.05, 0) is 130 Å². The lowest BCUT2D eigenvalue weighted by Crippen LogP contribution is -2.28. The topological polar surface area (TPSA) is 3.24 Å². The highest BCUT2D eigenvalue weighted by atomic mass is 15.1. The molecule has 322 valence electrons. The van der Waals surface area contributed by atoms with Gasteiger partial charge in [0.15, 0.2) is 0 Å². The zero-order valence-electron chi connectivity index (χ0n) is 38.9. The number of nitrogens with zero attached hydrogens (tertiary/aromatic N) is 1. The zero-order chi connectivity index (χ0) is 45.5. The van der Waals surface area contributed by atoms with Crippen molar-refractivity contribution >= 4 is 27.8 Å². The molecule has 0 spiro atoms. The summed E-state index contributed by atoms with van der Waals surface area (Å²) in [5.41, 5.74) is 22.1. The van der Waals surface area contributed by atoms with E-state index in [1.165, 1.54) is 94.2 Å². The molecule has 0 amide bonds. The molecule has 0 saturated carbocycles. The molecular formula is C66H53N. The Balaban J connectivity index is 1.10. The van der Waals surface area contributed by atoms with Gasteiger partial charge in [0.25, 0.3) is 0 Å². The Labute approximate surface area is 395 Å². The standard InChI is InChI=1S/C66H53N/c1-64(2,3)48-34-28-44(29-35-48)45-30-36-51(37-31-45)67(52-38-40-60-57(43-52)55-25-15-17-27-59(55)66(60,49-19-8-6-9-20-49)50-21-10-7-11-22-50)62-41-33-46-18-12-13-23-53(46)63(62)47-32-39-56-54-24-14-16-26-58(54)65(4,5)61(56)42-47/h6-43H,1-5H3. The van der Waals surface area contributed by atoms with Crippen LogP contribution in [0.1, 0.15) is 73.6 Å². The maximum absolute atomic E-state index is 2.51. The predicted molar refractivity (Wildman–Crippen MR) is 283 cm³/mol. The van der Waals surface area contributed by atoms with Crippen molar-refractivity contribution in [1.82, 2.24) is 0 Å². The van der Waals surface area contributed by atoms with Gasteiger partial charge in [-0.1, -0.05) is 229 Å². The van der Waals surface area contributed by atoms with Crippen LogP contribution in [0.4, 0.5) is 17.1 Å². The highest BCUT2D eigenvalue weighted by Crippen LogP contribution is 2.58. The van der Waals surface area contributed by atoms with E-state index in [1.807, 2.05) is 0 Å². The minimum atomic E-state index is -0.481.